The summed E-state index contributed by atoms with van der Waals surface area (Å²) < 4.78 is 6.00. The molecule has 2 heterocycles. The van der Waals surface area contributed by atoms with Gasteiger partial charge in [0, 0.05) is 49.9 Å². The first kappa shape index (κ1) is 20.2. The second-order valence-corrected chi connectivity index (χ2v) is 8.25. The SMILES string of the molecule is CCC1C(=O)NCCN1Cc1ccc2c(c1)CN(Cc1ccc(Cl)cc1)CCO2. The highest BCUT2D eigenvalue weighted by atomic mass is 35.5. The Morgan fingerprint density at radius 3 is 2.69 bits per heavy atom. The second kappa shape index (κ2) is 9.16. The van der Waals surface area contributed by atoms with E-state index in [9.17, 15) is 4.79 Å². The van der Waals surface area contributed by atoms with E-state index >= 15 is 0 Å². The van der Waals surface area contributed by atoms with Gasteiger partial charge in [0.05, 0.1) is 6.04 Å². The van der Waals surface area contributed by atoms with E-state index in [2.05, 4.69) is 52.4 Å². The molecule has 0 aliphatic carbocycles. The maximum absolute atomic E-state index is 12.2. The van der Waals surface area contributed by atoms with Gasteiger partial charge in [0.25, 0.3) is 0 Å². The Morgan fingerprint density at radius 1 is 1.10 bits per heavy atom. The van der Waals surface area contributed by atoms with E-state index in [0.29, 0.717) is 6.61 Å². The standard InChI is InChI=1S/C23H28ClN3O2/c1-2-21-23(28)25-9-10-27(21)15-18-5-8-22-19(13-18)16-26(11-12-29-22)14-17-3-6-20(24)7-4-17/h3-8,13,21H,2,9-12,14-16H2,1H3,(H,25,28). The predicted octanol–water partition coefficient (Wildman–Crippen LogP) is 3.45. The van der Waals surface area contributed by atoms with Gasteiger partial charge in [-0.05, 0) is 41.8 Å². The third-order valence-corrected chi connectivity index (χ3v) is 5.97. The van der Waals surface area contributed by atoms with Gasteiger partial charge in [-0.25, -0.2) is 0 Å². The third-order valence-electron chi connectivity index (χ3n) is 5.72. The number of ether oxygens (including phenoxy) is 1. The van der Waals surface area contributed by atoms with E-state index in [0.717, 1.165) is 56.5 Å². The van der Waals surface area contributed by atoms with Crippen LogP contribution in [0.2, 0.25) is 5.02 Å². The molecule has 2 aromatic rings. The van der Waals surface area contributed by atoms with Crippen LogP contribution >= 0.6 is 11.6 Å². The van der Waals surface area contributed by atoms with Crippen molar-refractivity contribution in [1.82, 2.24) is 15.1 Å². The lowest BCUT2D eigenvalue weighted by Gasteiger charge is -2.34. The molecule has 2 aromatic carbocycles. The molecule has 0 spiro atoms. The van der Waals surface area contributed by atoms with Crippen LogP contribution in [0.25, 0.3) is 0 Å². The molecule has 0 saturated carbocycles. The number of carbonyl (C=O) groups is 1. The highest BCUT2D eigenvalue weighted by Gasteiger charge is 2.28. The predicted molar refractivity (Wildman–Crippen MR) is 115 cm³/mol. The van der Waals surface area contributed by atoms with Crippen LogP contribution in [-0.2, 0) is 24.4 Å². The summed E-state index contributed by atoms with van der Waals surface area (Å²) in [6.07, 6.45) is 0.828. The first-order valence-electron chi connectivity index (χ1n) is 10.4. The molecule has 0 bridgehead atoms. The number of nitrogens with one attached hydrogen (secondary N) is 1. The average molecular weight is 414 g/mol. The quantitative estimate of drug-likeness (QED) is 0.815. The fourth-order valence-corrected chi connectivity index (χ4v) is 4.34. The number of rotatable bonds is 5. The normalized spacial score (nSPS) is 20.5. The van der Waals surface area contributed by atoms with Gasteiger partial charge >= 0.3 is 0 Å². The van der Waals surface area contributed by atoms with Crippen molar-refractivity contribution in [3.8, 4) is 5.75 Å². The highest BCUT2D eigenvalue weighted by molar-refractivity contribution is 6.30. The number of piperazine rings is 1. The Morgan fingerprint density at radius 2 is 1.90 bits per heavy atom. The second-order valence-electron chi connectivity index (χ2n) is 7.81. The lowest BCUT2D eigenvalue weighted by Crippen LogP contribution is -2.54. The maximum atomic E-state index is 12.2. The van der Waals surface area contributed by atoms with E-state index < -0.39 is 0 Å². The van der Waals surface area contributed by atoms with Crippen molar-refractivity contribution in [2.75, 3.05) is 26.2 Å². The summed E-state index contributed by atoms with van der Waals surface area (Å²) in [6.45, 7) is 7.76. The maximum Gasteiger partial charge on any atom is 0.237 e. The van der Waals surface area contributed by atoms with Gasteiger partial charge in [-0.3, -0.25) is 14.6 Å². The molecule has 1 fully saturated rings. The van der Waals surface area contributed by atoms with Crippen LogP contribution in [0.3, 0.4) is 0 Å². The van der Waals surface area contributed by atoms with Crippen LogP contribution in [0.1, 0.15) is 30.0 Å². The molecule has 5 nitrogen and oxygen atoms in total. The summed E-state index contributed by atoms with van der Waals surface area (Å²) in [7, 11) is 0. The minimum absolute atomic E-state index is 0.0415. The fraction of sp³-hybridized carbons (Fsp3) is 0.435. The molecule has 1 atom stereocenters. The highest BCUT2D eigenvalue weighted by Crippen LogP contribution is 2.26. The summed E-state index contributed by atoms with van der Waals surface area (Å²) in [4.78, 5) is 16.8. The van der Waals surface area contributed by atoms with Crippen LogP contribution in [0, 0.1) is 0 Å². The molecule has 29 heavy (non-hydrogen) atoms. The monoisotopic (exact) mass is 413 g/mol. The fourth-order valence-electron chi connectivity index (χ4n) is 4.21. The molecule has 1 N–H and O–H groups in total. The number of amides is 1. The van der Waals surface area contributed by atoms with Gasteiger partial charge in [-0.15, -0.1) is 0 Å². The molecule has 2 aliphatic heterocycles. The number of hydrogen-bond donors (Lipinski definition) is 1. The minimum Gasteiger partial charge on any atom is -0.492 e. The van der Waals surface area contributed by atoms with Gasteiger partial charge in [-0.1, -0.05) is 36.7 Å². The van der Waals surface area contributed by atoms with Crippen molar-refractivity contribution < 1.29 is 9.53 Å². The molecule has 6 heteroatoms. The summed E-state index contributed by atoms with van der Waals surface area (Å²) in [5.74, 6) is 1.11. The zero-order valence-electron chi connectivity index (χ0n) is 16.9. The average Bonchev–Trinajstić information content (AvgIpc) is 2.91. The number of benzene rings is 2. The van der Waals surface area contributed by atoms with Crippen molar-refractivity contribution in [3.63, 3.8) is 0 Å². The molecule has 1 unspecified atom stereocenters. The van der Waals surface area contributed by atoms with Crippen LogP contribution in [-0.4, -0.2) is 48.0 Å². The molecule has 0 aromatic heterocycles. The van der Waals surface area contributed by atoms with E-state index in [1.807, 2.05) is 12.1 Å². The van der Waals surface area contributed by atoms with Crippen molar-refractivity contribution in [1.29, 1.82) is 0 Å². The zero-order chi connectivity index (χ0) is 20.2. The minimum atomic E-state index is -0.0415. The van der Waals surface area contributed by atoms with Crippen LogP contribution in [0.15, 0.2) is 42.5 Å². The molecule has 1 saturated heterocycles. The Kier molecular flexibility index (Phi) is 6.38. The summed E-state index contributed by atoms with van der Waals surface area (Å²) in [5, 5.41) is 3.74. The van der Waals surface area contributed by atoms with Crippen molar-refractivity contribution >= 4 is 17.5 Å². The molecular weight excluding hydrogens is 386 g/mol. The molecule has 4 rings (SSSR count). The van der Waals surface area contributed by atoms with Gasteiger partial charge < -0.3 is 10.1 Å². The van der Waals surface area contributed by atoms with Crippen LogP contribution in [0.5, 0.6) is 5.75 Å². The lowest BCUT2D eigenvalue weighted by atomic mass is 10.1. The van der Waals surface area contributed by atoms with Crippen molar-refractivity contribution in [3.05, 3.63) is 64.2 Å². The number of nitrogens with zero attached hydrogens (tertiary/aromatic N) is 2. The Hall–Kier alpha value is -2.08. The number of carbonyl (C=O) groups excluding carboxylic acids is 1. The Bertz CT molecular complexity index is 856. The van der Waals surface area contributed by atoms with E-state index in [-0.39, 0.29) is 11.9 Å². The Labute approximate surface area is 177 Å². The molecule has 0 radical (unpaired) electrons. The van der Waals surface area contributed by atoms with Gasteiger partial charge in [-0.2, -0.15) is 0 Å². The number of fused-ring (bicyclic) bond motifs is 1. The summed E-state index contributed by atoms with van der Waals surface area (Å²) in [5.41, 5.74) is 3.69. The Balaban J connectivity index is 1.47. The largest absolute Gasteiger partial charge is 0.492 e. The molecule has 2 aliphatic rings. The third kappa shape index (κ3) is 4.92. The zero-order valence-corrected chi connectivity index (χ0v) is 17.6. The first-order valence-corrected chi connectivity index (χ1v) is 10.7. The smallest absolute Gasteiger partial charge is 0.237 e. The van der Waals surface area contributed by atoms with Crippen LogP contribution < -0.4 is 10.1 Å². The van der Waals surface area contributed by atoms with E-state index in [1.54, 1.807) is 0 Å². The van der Waals surface area contributed by atoms with Gasteiger partial charge in [0.1, 0.15) is 12.4 Å². The van der Waals surface area contributed by atoms with Crippen molar-refractivity contribution in [2.24, 2.45) is 0 Å². The topological polar surface area (TPSA) is 44.8 Å². The van der Waals surface area contributed by atoms with Crippen molar-refractivity contribution in [2.45, 2.75) is 39.0 Å². The molecular formula is C23H28ClN3O2. The van der Waals surface area contributed by atoms with Crippen LogP contribution in [0.4, 0.5) is 0 Å². The molecule has 1 amide bonds. The lowest BCUT2D eigenvalue weighted by molar-refractivity contribution is -0.129. The van der Waals surface area contributed by atoms with Gasteiger partial charge in [0.15, 0.2) is 0 Å². The first-order chi connectivity index (χ1) is 14.1. The number of halogens is 1. The molecule has 154 valence electrons. The summed E-state index contributed by atoms with van der Waals surface area (Å²) in [6, 6.07) is 14.5. The summed E-state index contributed by atoms with van der Waals surface area (Å²) >= 11 is 6.01. The van der Waals surface area contributed by atoms with Gasteiger partial charge in [0.2, 0.25) is 5.91 Å². The van der Waals surface area contributed by atoms with E-state index in [1.165, 1.54) is 16.7 Å². The number of hydrogen-bond acceptors (Lipinski definition) is 4. The van der Waals surface area contributed by atoms with E-state index in [4.69, 9.17) is 16.3 Å².